The highest BCUT2D eigenvalue weighted by atomic mass is 35.5. The van der Waals surface area contributed by atoms with Gasteiger partial charge in [0.05, 0.1) is 5.54 Å². The van der Waals surface area contributed by atoms with Gasteiger partial charge in [-0.05, 0) is 12.8 Å². The minimum Gasteiger partial charge on any atom is -0.375 e. The van der Waals surface area contributed by atoms with Gasteiger partial charge in [0.25, 0.3) is 0 Å². The molecule has 0 aliphatic heterocycles. The summed E-state index contributed by atoms with van der Waals surface area (Å²) >= 11 is 3.30. The summed E-state index contributed by atoms with van der Waals surface area (Å²) in [5.41, 5.74) is 5.74. The predicted molar refractivity (Wildman–Crippen MR) is 82.9 cm³/mol. The number of thiazole rings is 2. The fourth-order valence-corrected chi connectivity index (χ4v) is 4.06. The predicted octanol–water partition coefficient (Wildman–Crippen LogP) is 3.16. The molecule has 0 saturated heterocycles. The number of hydrogen-bond donors (Lipinski definition) is 2. The highest BCUT2D eigenvalue weighted by molar-refractivity contribution is 7.15. The first-order valence-electron chi connectivity index (χ1n) is 6.14. The first-order chi connectivity index (χ1) is 8.78. The molecule has 0 bridgehead atoms. The average molecular weight is 317 g/mol. The van der Waals surface area contributed by atoms with Crippen LogP contribution in [0.1, 0.15) is 35.6 Å². The molecule has 0 radical (unpaired) electrons. The third-order valence-corrected chi connectivity index (χ3v) is 5.27. The van der Waals surface area contributed by atoms with Gasteiger partial charge in [-0.15, -0.1) is 35.1 Å². The lowest BCUT2D eigenvalue weighted by atomic mass is 9.98. The van der Waals surface area contributed by atoms with Crippen LogP contribution in [0.15, 0.2) is 17.8 Å². The van der Waals surface area contributed by atoms with Crippen LogP contribution in [-0.2, 0) is 12.1 Å². The zero-order chi connectivity index (χ0) is 12.4. The number of nitrogens with one attached hydrogen (secondary N) is 1. The Hall–Kier alpha value is -0.690. The maximum absolute atomic E-state index is 5.66. The van der Waals surface area contributed by atoms with Gasteiger partial charge in [0.15, 0.2) is 5.13 Å². The Balaban J connectivity index is 0.00000133. The smallest absolute Gasteiger partial charge is 0.180 e. The lowest BCUT2D eigenvalue weighted by molar-refractivity contribution is 0.338. The molecule has 0 unspecified atom stereocenters. The van der Waals surface area contributed by atoms with E-state index in [2.05, 4.69) is 20.7 Å². The number of hydrogen-bond acceptors (Lipinski definition) is 6. The van der Waals surface area contributed by atoms with Gasteiger partial charge in [-0.25, -0.2) is 9.97 Å². The first-order valence-corrected chi connectivity index (χ1v) is 7.83. The number of nitrogens with two attached hydrogens (primary N) is 1. The fraction of sp³-hybridized carbons (Fsp3) is 0.500. The maximum atomic E-state index is 5.66. The molecule has 3 rings (SSSR count). The molecule has 2 heterocycles. The summed E-state index contributed by atoms with van der Waals surface area (Å²) in [4.78, 5) is 9.79. The summed E-state index contributed by atoms with van der Waals surface area (Å²) in [5, 5.41) is 7.61. The second-order valence-corrected chi connectivity index (χ2v) is 6.69. The maximum Gasteiger partial charge on any atom is 0.180 e. The van der Waals surface area contributed by atoms with Gasteiger partial charge < -0.3 is 11.1 Å². The molecule has 1 fully saturated rings. The Labute approximate surface area is 126 Å². The molecule has 19 heavy (non-hydrogen) atoms. The van der Waals surface area contributed by atoms with Crippen LogP contribution in [0.4, 0.5) is 5.13 Å². The van der Waals surface area contributed by atoms with E-state index in [1.165, 1.54) is 35.6 Å². The van der Waals surface area contributed by atoms with E-state index >= 15 is 0 Å². The summed E-state index contributed by atoms with van der Waals surface area (Å²) in [5.74, 6) is 0. The number of anilines is 1. The second-order valence-electron chi connectivity index (χ2n) is 4.64. The normalized spacial score (nSPS) is 17.3. The van der Waals surface area contributed by atoms with E-state index < -0.39 is 0 Å². The van der Waals surface area contributed by atoms with Crippen LogP contribution in [-0.4, -0.2) is 9.97 Å². The van der Waals surface area contributed by atoms with Gasteiger partial charge in [0, 0.05) is 29.2 Å². The van der Waals surface area contributed by atoms with Crippen molar-refractivity contribution in [2.45, 2.75) is 37.8 Å². The summed E-state index contributed by atoms with van der Waals surface area (Å²) in [6.07, 6.45) is 8.66. The lowest BCUT2D eigenvalue weighted by Crippen LogP contribution is -2.39. The molecule has 0 atom stereocenters. The molecule has 4 nitrogen and oxygen atoms in total. The van der Waals surface area contributed by atoms with Crippen LogP contribution >= 0.6 is 35.1 Å². The minimum absolute atomic E-state index is 0. The van der Waals surface area contributed by atoms with Gasteiger partial charge in [-0.1, -0.05) is 12.8 Å². The van der Waals surface area contributed by atoms with Gasteiger partial charge in [0.2, 0.25) is 0 Å². The number of rotatable bonds is 4. The molecule has 7 heteroatoms. The third-order valence-electron chi connectivity index (χ3n) is 3.47. The summed E-state index contributed by atoms with van der Waals surface area (Å²) in [6.45, 7) is 0.828. The topological polar surface area (TPSA) is 63.8 Å². The zero-order valence-electron chi connectivity index (χ0n) is 10.5. The quantitative estimate of drug-likeness (QED) is 0.909. The molecule has 0 aromatic carbocycles. The van der Waals surface area contributed by atoms with Crippen molar-refractivity contribution in [2.24, 2.45) is 0 Å². The highest BCUT2D eigenvalue weighted by Crippen LogP contribution is 2.40. The largest absolute Gasteiger partial charge is 0.375 e. The number of nitrogen functional groups attached to an aromatic ring is 1. The zero-order valence-corrected chi connectivity index (χ0v) is 12.9. The molecule has 3 N–H and O–H groups in total. The van der Waals surface area contributed by atoms with Gasteiger partial charge in [-0.3, -0.25) is 0 Å². The van der Waals surface area contributed by atoms with Crippen LogP contribution in [0.2, 0.25) is 0 Å². The number of aromatic nitrogens is 2. The highest BCUT2D eigenvalue weighted by Gasteiger charge is 2.37. The van der Waals surface area contributed by atoms with E-state index in [1.807, 2.05) is 12.4 Å². The van der Waals surface area contributed by atoms with Crippen LogP contribution in [0.5, 0.6) is 0 Å². The number of halogens is 1. The van der Waals surface area contributed by atoms with Crippen LogP contribution in [0, 0.1) is 0 Å². The van der Waals surface area contributed by atoms with Gasteiger partial charge in [0.1, 0.15) is 5.01 Å². The van der Waals surface area contributed by atoms with Crippen molar-refractivity contribution in [1.82, 2.24) is 15.3 Å². The van der Waals surface area contributed by atoms with Crippen molar-refractivity contribution in [1.29, 1.82) is 0 Å². The molecule has 2 aromatic heterocycles. The van der Waals surface area contributed by atoms with E-state index in [1.54, 1.807) is 22.7 Å². The Morgan fingerprint density at radius 3 is 2.68 bits per heavy atom. The SMILES string of the molecule is Cl.Nc1ncc(CNC2(c3nccs3)CCCC2)s1. The summed E-state index contributed by atoms with van der Waals surface area (Å²) in [6, 6.07) is 0. The number of nitrogens with zero attached hydrogens (tertiary/aromatic N) is 2. The molecule has 1 aliphatic rings. The van der Waals surface area contributed by atoms with Crippen molar-refractivity contribution < 1.29 is 0 Å². The van der Waals surface area contributed by atoms with Crippen molar-refractivity contribution in [3.63, 3.8) is 0 Å². The van der Waals surface area contributed by atoms with Crippen LogP contribution in [0.3, 0.4) is 0 Å². The standard InChI is InChI=1S/C12H16N4S2.ClH/c13-11-15-7-9(18-11)8-16-12(3-1-2-4-12)10-14-5-6-17-10;/h5-7,16H,1-4,8H2,(H2,13,15);1H. The Morgan fingerprint density at radius 1 is 1.32 bits per heavy atom. The molecule has 104 valence electrons. The molecule has 1 saturated carbocycles. The fourth-order valence-electron chi connectivity index (χ4n) is 2.57. The van der Waals surface area contributed by atoms with E-state index in [0.29, 0.717) is 5.13 Å². The first kappa shape index (κ1) is 14.7. The van der Waals surface area contributed by atoms with Crippen LogP contribution < -0.4 is 11.1 Å². The molecular weight excluding hydrogens is 300 g/mol. The van der Waals surface area contributed by atoms with Crippen molar-refractivity contribution >= 4 is 40.2 Å². The summed E-state index contributed by atoms with van der Waals surface area (Å²) < 4.78 is 0. The Morgan fingerprint density at radius 2 is 2.11 bits per heavy atom. The van der Waals surface area contributed by atoms with E-state index in [-0.39, 0.29) is 17.9 Å². The molecule has 2 aromatic rings. The third kappa shape index (κ3) is 3.08. The van der Waals surface area contributed by atoms with Crippen LogP contribution in [0.25, 0.3) is 0 Å². The van der Waals surface area contributed by atoms with Gasteiger partial charge in [-0.2, -0.15) is 0 Å². The van der Waals surface area contributed by atoms with Crippen molar-refractivity contribution in [3.8, 4) is 0 Å². The average Bonchev–Trinajstić information content (AvgIpc) is 3.08. The monoisotopic (exact) mass is 316 g/mol. The Kier molecular flexibility index (Phi) is 4.78. The Bertz CT molecular complexity index is 506. The minimum atomic E-state index is 0. The lowest BCUT2D eigenvalue weighted by Gasteiger charge is -2.28. The second kappa shape index (κ2) is 6.17. The van der Waals surface area contributed by atoms with Crippen molar-refractivity contribution in [3.05, 3.63) is 27.7 Å². The molecular formula is C12H17ClN4S2. The van der Waals surface area contributed by atoms with E-state index in [0.717, 1.165) is 6.54 Å². The summed E-state index contributed by atoms with van der Waals surface area (Å²) in [7, 11) is 0. The molecule has 0 amide bonds. The van der Waals surface area contributed by atoms with E-state index in [9.17, 15) is 0 Å². The van der Waals surface area contributed by atoms with Gasteiger partial charge >= 0.3 is 0 Å². The molecule has 1 aliphatic carbocycles. The van der Waals surface area contributed by atoms with Crippen molar-refractivity contribution in [2.75, 3.05) is 5.73 Å². The van der Waals surface area contributed by atoms with E-state index in [4.69, 9.17) is 5.73 Å². The molecule has 0 spiro atoms.